The molecule has 2 aromatic rings. The second-order valence-electron chi connectivity index (χ2n) is 7.09. The molecule has 0 unspecified atom stereocenters. The Morgan fingerprint density at radius 3 is 2.19 bits per heavy atom. The van der Waals surface area contributed by atoms with E-state index in [0.717, 1.165) is 11.6 Å². The van der Waals surface area contributed by atoms with Crippen LogP contribution in [0, 0.1) is 17.0 Å². The molecule has 0 aliphatic carbocycles. The normalized spacial score (nSPS) is 11.9. The maximum atomic E-state index is 12.3. The number of nitrogens with one attached hydrogen (secondary N) is 2. The fraction of sp³-hybridized carbons (Fsp3) is 0.278. The summed E-state index contributed by atoms with van der Waals surface area (Å²) in [5, 5.41) is 11.0. The van der Waals surface area contributed by atoms with Crippen molar-refractivity contribution in [3.63, 3.8) is 0 Å². The van der Waals surface area contributed by atoms with Gasteiger partial charge in [0.05, 0.1) is 9.82 Å². The minimum atomic E-state index is -4.15. The summed E-state index contributed by atoms with van der Waals surface area (Å²) in [5.41, 5.74) is 3.37. The van der Waals surface area contributed by atoms with Gasteiger partial charge < -0.3 is 0 Å². The molecule has 0 aliphatic rings. The lowest BCUT2D eigenvalue weighted by atomic mass is 9.87. The molecule has 0 saturated carbocycles. The Morgan fingerprint density at radius 2 is 1.67 bits per heavy atom. The van der Waals surface area contributed by atoms with Crippen molar-refractivity contribution in [1.29, 1.82) is 0 Å². The third kappa shape index (κ3) is 4.89. The fourth-order valence-corrected chi connectivity index (χ4v) is 3.18. The van der Waals surface area contributed by atoms with E-state index in [9.17, 15) is 23.3 Å². The number of aryl methyl sites for hydroxylation is 1. The van der Waals surface area contributed by atoms with Crippen LogP contribution in [0.1, 0.15) is 42.3 Å². The maximum absolute atomic E-state index is 12.3. The Labute approximate surface area is 157 Å². The van der Waals surface area contributed by atoms with Gasteiger partial charge in [-0.25, -0.2) is 8.42 Å². The van der Waals surface area contributed by atoms with Crippen LogP contribution >= 0.6 is 0 Å². The Hall–Kier alpha value is -2.78. The lowest BCUT2D eigenvalue weighted by Gasteiger charge is -2.19. The summed E-state index contributed by atoms with van der Waals surface area (Å²) in [5.74, 6) is -0.638. The van der Waals surface area contributed by atoms with Crippen LogP contribution in [-0.4, -0.2) is 19.2 Å². The molecular formula is C18H21N3O5S. The van der Waals surface area contributed by atoms with Gasteiger partial charge in [-0.1, -0.05) is 39.0 Å². The zero-order chi connectivity index (χ0) is 20.4. The van der Waals surface area contributed by atoms with Crippen molar-refractivity contribution in [3.05, 3.63) is 69.3 Å². The highest BCUT2D eigenvalue weighted by Gasteiger charge is 2.21. The van der Waals surface area contributed by atoms with Crippen LogP contribution in [0.3, 0.4) is 0 Å². The average molecular weight is 391 g/mol. The lowest BCUT2D eigenvalue weighted by molar-refractivity contribution is -0.385. The molecule has 2 rings (SSSR count). The zero-order valence-corrected chi connectivity index (χ0v) is 16.3. The second kappa shape index (κ2) is 7.45. The molecule has 0 bridgehead atoms. The molecule has 2 N–H and O–H groups in total. The van der Waals surface area contributed by atoms with E-state index < -0.39 is 20.9 Å². The van der Waals surface area contributed by atoms with Gasteiger partial charge in [0, 0.05) is 17.2 Å². The topological polar surface area (TPSA) is 118 Å². The van der Waals surface area contributed by atoms with E-state index in [1.807, 2.05) is 25.6 Å². The van der Waals surface area contributed by atoms with Crippen molar-refractivity contribution >= 4 is 21.6 Å². The first-order valence-electron chi connectivity index (χ1n) is 8.09. The van der Waals surface area contributed by atoms with E-state index in [2.05, 4.69) is 5.43 Å². The van der Waals surface area contributed by atoms with Gasteiger partial charge in [-0.15, -0.1) is 4.83 Å². The molecule has 1 amide bonds. The van der Waals surface area contributed by atoms with Crippen molar-refractivity contribution < 1.29 is 18.1 Å². The number of hydrazine groups is 1. The van der Waals surface area contributed by atoms with E-state index in [0.29, 0.717) is 5.56 Å². The van der Waals surface area contributed by atoms with E-state index in [4.69, 9.17) is 0 Å². The van der Waals surface area contributed by atoms with Gasteiger partial charge in [0.1, 0.15) is 0 Å². The van der Waals surface area contributed by atoms with Crippen molar-refractivity contribution in [1.82, 2.24) is 10.3 Å². The lowest BCUT2D eigenvalue weighted by Crippen LogP contribution is -2.41. The number of nitro groups is 1. The van der Waals surface area contributed by atoms with Crippen LogP contribution in [0.5, 0.6) is 0 Å². The number of rotatable bonds is 5. The molecule has 0 atom stereocenters. The highest BCUT2D eigenvalue weighted by Crippen LogP contribution is 2.23. The number of sulfonamides is 1. The summed E-state index contributed by atoms with van der Waals surface area (Å²) >= 11 is 0. The molecule has 0 aromatic heterocycles. The van der Waals surface area contributed by atoms with E-state index in [1.165, 1.54) is 19.1 Å². The number of nitrogens with zero attached hydrogens (tertiary/aromatic N) is 1. The Kier molecular flexibility index (Phi) is 5.67. The van der Waals surface area contributed by atoms with Crippen LogP contribution in [0.4, 0.5) is 5.69 Å². The minimum absolute atomic E-state index is 0.0727. The first kappa shape index (κ1) is 20.5. The Balaban J connectivity index is 2.14. The van der Waals surface area contributed by atoms with Crippen molar-refractivity contribution in [3.8, 4) is 0 Å². The Bertz CT molecular complexity index is 977. The third-order valence-corrected chi connectivity index (χ3v) is 5.24. The van der Waals surface area contributed by atoms with Gasteiger partial charge in [-0.05, 0) is 36.1 Å². The molecule has 0 aliphatic heterocycles. The van der Waals surface area contributed by atoms with Gasteiger partial charge in [0.25, 0.3) is 21.6 Å². The number of hydrogen-bond donors (Lipinski definition) is 2. The zero-order valence-electron chi connectivity index (χ0n) is 15.4. The summed E-state index contributed by atoms with van der Waals surface area (Å²) < 4.78 is 24.6. The van der Waals surface area contributed by atoms with Crippen LogP contribution < -0.4 is 10.3 Å². The standard InChI is InChI=1S/C18H21N3O5S/c1-12-5-10-15(11-16(12)21(23)24)27(25,26)20-19-17(22)13-6-8-14(9-7-13)18(2,3)4/h5-11,20H,1-4H3,(H,19,22). The van der Waals surface area contributed by atoms with Gasteiger partial charge >= 0.3 is 0 Å². The highest BCUT2D eigenvalue weighted by atomic mass is 32.2. The number of carbonyl (C=O) groups is 1. The molecule has 27 heavy (non-hydrogen) atoms. The van der Waals surface area contributed by atoms with Gasteiger partial charge in [-0.2, -0.15) is 0 Å². The SMILES string of the molecule is Cc1ccc(S(=O)(=O)NNC(=O)c2ccc(C(C)(C)C)cc2)cc1[N+](=O)[O-]. The van der Waals surface area contributed by atoms with Crippen molar-refractivity contribution in [2.45, 2.75) is 38.0 Å². The number of benzene rings is 2. The van der Waals surface area contributed by atoms with Gasteiger partial charge in [0.15, 0.2) is 0 Å². The molecule has 0 radical (unpaired) electrons. The first-order chi connectivity index (χ1) is 12.4. The molecule has 0 fully saturated rings. The quantitative estimate of drug-likeness (QED) is 0.600. The molecule has 144 valence electrons. The van der Waals surface area contributed by atoms with Crippen LogP contribution in [0.2, 0.25) is 0 Å². The fourth-order valence-electron chi connectivity index (χ4n) is 2.32. The summed E-state index contributed by atoms with van der Waals surface area (Å²) in [7, 11) is -4.15. The molecule has 9 heteroatoms. The monoisotopic (exact) mass is 391 g/mol. The van der Waals surface area contributed by atoms with Gasteiger partial charge in [-0.3, -0.25) is 20.3 Å². The average Bonchev–Trinajstić information content (AvgIpc) is 2.59. The number of amides is 1. The Morgan fingerprint density at radius 1 is 1.07 bits per heavy atom. The predicted molar refractivity (Wildman–Crippen MR) is 101 cm³/mol. The van der Waals surface area contributed by atoms with E-state index >= 15 is 0 Å². The van der Waals surface area contributed by atoms with Crippen molar-refractivity contribution in [2.75, 3.05) is 0 Å². The maximum Gasteiger partial charge on any atom is 0.273 e. The first-order valence-corrected chi connectivity index (χ1v) is 9.58. The summed E-state index contributed by atoms with van der Waals surface area (Å²) in [4.78, 5) is 24.1. The summed E-state index contributed by atoms with van der Waals surface area (Å²) in [6, 6.07) is 10.3. The van der Waals surface area contributed by atoms with E-state index in [-0.39, 0.29) is 21.6 Å². The molecule has 0 spiro atoms. The number of hydrogen-bond acceptors (Lipinski definition) is 5. The van der Waals surface area contributed by atoms with Crippen LogP contribution in [-0.2, 0) is 15.4 Å². The number of carbonyl (C=O) groups excluding carboxylic acids is 1. The second-order valence-corrected chi connectivity index (χ2v) is 8.77. The number of nitro benzene ring substituents is 1. The molecule has 2 aromatic carbocycles. The summed E-state index contributed by atoms with van der Waals surface area (Å²) in [6.45, 7) is 7.62. The minimum Gasteiger partial charge on any atom is -0.273 e. The van der Waals surface area contributed by atoms with Gasteiger partial charge in [0.2, 0.25) is 0 Å². The molecule has 8 nitrogen and oxygen atoms in total. The van der Waals surface area contributed by atoms with Crippen molar-refractivity contribution in [2.24, 2.45) is 0 Å². The van der Waals surface area contributed by atoms with E-state index in [1.54, 1.807) is 24.3 Å². The largest absolute Gasteiger partial charge is 0.273 e. The molecular weight excluding hydrogens is 370 g/mol. The summed E-state index contributed by atoms with van der Waals surface area (Å²) in [6.07, 6.45) is 0. The third-order valence-electron chi connectivity index (χ3n) is 4.00. The molecule has 0 saturated heterocycles. The van der Waals surface area contributed by atoms with Crippen LogP contribution in [0.25, 0.3) is 0 Å². The van der Waals surface area contributed by atoms with Crippen LogP contribution in [0.15, 0.2) is 47.4 Å². The molecule has 0 heterocycles. The predicted octanol–water partition coefficient (Wildman–Crippen LogP) is 2.82. The highest BCUT2D eigenvalue weighted by molar-refractivity contribution is 7.89. The smallest absolute Gasteiger partial charge is 0.273 e.